The zero-order chi connectivity index (χ0) is 27.5. The van der Waals surface area contributed by atoms with Crippen LogP contribution in [0.4, 0.5) is 0 Å². The number of rotatable bonds is 13. The molecule has 7 nitrogen and oxygen atoms in total. The van der Waals surface area contributed by atoms with Crippen LogP contribution in [0.5, 0.6) is 5.75 Å². The third-order valence-corrected chi connectivity index (χ3v) is 7.00. The Kier molecular flexibility index (Phi) is 12.1. The van der Waals surface area contributed by atoms with Crippen LogP contribution in [-0.4, -0.2) is 43.0 Å². The molecule has 1 aromatic rings. The van der Waals surface area contributed by atoms with Gasteiger partial charge in [0, 0.05) is 5.56 Å². The number of hydrogen-bond acceptors (Lipinski definition) is 7. The Bertz CT molecular complexity index is 854. The van der Waals surface area contributed by atoms with E-state index in [-0.39, 0.29) is 12.2 Å². The fourth-order valence-electron chi connectivity index (χ4n) is 5.02. The zero-order valence-electron chi connectivity index (χ0n) is 23.7. The van der Waals surface area contributed by atoms with Crippen molar-refractivity contribution in [1.29, 1.82) is 0 Å². The van der Waals surface area contributed by atoms with Crippen LogP contribution in [-0.2, 0) is 28.5 Å². The van der Waals surface area contributed by atoms with Gasteiger partial charge in [-0.3, -0.25) is 0 Å². The fourth-order valence-corrected chi connectivity index (χ4v) is 5.02. The fraction of sp³-hybridized carbons (Fsp3) is 0.677. The first-order chi connectivity index (χ1) is 18.3. The first kappa shape index (κ1) is 30.2. The lowest BCUT2D eigenvalue weighted by atomic mass is 9.79. The Balaban J connectivity index is 1.48. The van der Waals surface area contributed by atoms with E-state index >= 15 is 0 Å². The Morgan fingerprint density at radius 3 is 2.00 bits per heavy atom. The normalized spacial score (nSPS) is 24.3. The molecular weight excluding hydrogens is 484 g/mol. The van der Waals surface area contributed by atoms with E-state index in [0.717, 1.165) is 11.7 Å². The summed E-state index contributed by atoms with van der Waals surface area (Å²) < 4.78 is 28.1. The van der Waals surface area contributed by atoms with Crippen LogP contribution in [0.3, 0.4) is 0 Å². The molecule has 7 heteroatoms. The highest BCUT2D eigenvalue weighted by Crippen LogP contribution is 2.34. The molecule has 38 heavy (non-hydrogen) atoms. The number of allylic oxidation sites excluding steroid dienone is 1. The van der Waals surface area contributed by atoms with Crippen LogP contribution >= 0.6 is 0 Å². The maximum Gasteiger partial charge on any atom is 0.339 e. The predicted octanol–water partition coefficient (Wildman–Crippen LogP) is 6.69. The monoisotopic (exact) mass is 530 g/mol. The van der Waals surface area contributed by atoms with E-state index < -0.39 is 30.4 Å². The topological polar surface area (TPSA) is 80.3 Å². The number of benzene rings is 1. The van der Waals surface area contributed by atoms with Crippen LogP contribution in [0.1, 0.15) is 97.8 Å². The summed E-state index contributed by atoms with van der Waals surface area (Å²) in [6.45, 7) is 9.73. The van der Waals surface area contributed by atoms with Gasteiger partial charge in [0.2, 0.25) is 0 Å². The van der Waals surface area contributed by atoms with Crippen LogP contribution in [0.2, 0.25) is 0 Å². The van der Waals surface area contributed by atoms with Crippen molar-refractivity contribution < 1.29 is 33.3 Å². The van der Waals surface area contributed by atoms with Gasteiger partial charge in [0.25, 0.3) is 0 Å². The van der Waals surface area contributed by atoms with Crippen molar-refractivity contribution in [2.45, 2.75) is 117 Å². The van der Waals surface area contributed by atoms with E-state index in [1.807, 2.05) is 24.3 Å². The summed E-state index contributed by atoms with van der Waals surface area (Å²) in [4.78, 5) is 25.1. The summed E-state index contributed by atoms with van der Waals surface area (Å²) in [6.07, 6.45) is 11.1. The van der Waals surface area contributed by atoms with Gasteiger partial charge in [-0.15, -0.1) is 0 Å². The van der Waals surface area contributed by atoms with Gasteiger partial charge in [-0.05, 0) is 77.3 Å². The van der Waals surface area contributed by atoms with E-state index in [2.05, 4.69) is 19.1 Å². The minimum absolute atomic E-state index is 0.344. The number of esters is 2. The van der Waals surface area contributed by atoms with Gasteiger partial charge in [0.1, 0.15) is 12.4 Å². The minimum Gasteiger partial charge on any atom is -0.490 e. The molecule has 3 rings (SSSR count). The number of ether oxygens (including phenoxy) is 5. The van der Waals surface area contributed by atoms with E-state index in [1.165, 1.54) is 51.4 Å². The molecule has 0 bridgehead atoms. The number of carbonyl (C=O) groups is 2. The molecule has 2 aliphatic rings. The lowest BCUT2D eigenvalue weighted by molar-refractivity contribution is -0.167. The maximum atomic E-state index is 12.6. The van der Waals surface area contributed by atoms with E-state index in [9.17, 15) is 9.59 Å². The highest BCUT2D eigenvalue weighted by atomic mass is 16.8. The van der Waals surface area contributed by atoms with Crippen molar-refractivity contribution in [3.8, 4) is 5.75 Å². The van der Waals surface area contributed by atoms with Crippen molar-refractivity contribution in [2.24, 2.45) is 11.8 Å². The average molecular weight is 531 g/mol. The molecular formula is C31H46O7. The van der Waals surface area contributed by atoms with Gasteiger partial charge >= 0.3 is 11.9 Å². The molecule has 2 fully saturated rings. The van der Waals surface area contributed by atoms with Crippen molar-refractivity contribution in [3.63, 3.8) is 0 Å². The van der Waals surface area contributed by atoms with E-state index in [4.69, 9.17) is 23.7 Å². The van der Waals surface area contributed by atoms with Crippen molar-refractivity contribution in [1.82, 2.24) is 0 Å². The first-order valence-electron chi connectivity index (χ1n) is 14.4. The van der Waals surface area contributed by atoms with Crippen LogP contribution < -0.4 is 4.74 Å². The highest BCUT2D eigenvalue weighted by molar-refractivity contribution is 5.86. The third kappa shape index (κ3) is 9.42. The zero-order valence-corrected chi connectivity index (χ0v) is 23.7. The molecule has 0 radical (unpaired) electrons. The maximum absolute atomic E-state index is 12.6. The van der Waals surface area contributed by atoms with Crippen molar-refractivity contribution in [2.75, 3.05) is 6.61 Å². The molecule has 0 N–H and O–H groups in total. The number of hydrogen-bond donors (Lipinski definition) is 0. The lowest BCUT2D eigenvalue weighted by Crippen LogP contribution is -2.40. The third-order valence-electron chi connectivity index (χ3n) is 7.00. The Hall–Kier alpha value is -2.38. The molecule has 0 aromatic heterocycles. The molecule has 1 heterocycles. The van der Waals surface area contributed by atoms with E-state index in [1.54, 1.807) is 27.7 Å². The summed E-state index contributed by atoms with van der Waals surface area (Å²) in [5.41, 5.74) is 0.672. The van der Waals surface area contributed by atoms with Crippen molar-refractivity contribution >= 4 is 11.9 Å². The molecule has 0 amide bonds. The predicted molar refractivity (Wildman–Crippen MR) is 146 cm³/mol. The summed E-state index contributed by atoms with van der Waals surface area (Å²) in [7, 11) is 0. The summed E-state index contributed by atoms with van der Waals surface area (Å²) in [5.74, 6) is 1.00. The quantitative estimate of drug-likeness (QED) is 0.160. The van der Waals surface area contributed by atoms with Gasteiger partial charge in [0.15, 0.2) is 18.5 Å². The second-order valence-electron chi connectivity index (χ2n) is 11.0. The molecule has 1 saturated carbocycles. The molecule has 1 aromatic carbocycles. The minimum atomic E-state index is -1.19. The lowest BCUT2D eigenvalue weighted by Gasteiger charge is -2.26. The average Bonchev–Trinajstić information content (AvgIpc) is 3.33. The van der Waals surface area contributed by atoms with Crippen LogP contribution in [0.15, 0.2) is 36.4 Å². The SMILES string of the molecule is CCCCCC1CCC(/C=C/COc2ccc(C3O[C@@H](C(=O)OC(C)C)[C@H](C(=O)OC(C)C)O3)cc2)CC1. The number of carbonyl (C=O) groups excluding carboxylic acids is 2. The Morgan fingerprint density at radius 2 is 1.47 bits per heavy atom. The summed E-state index contributed by atoms with van der Waals surface area (Å²) in [6, 6.07) is 7.28. The van der Waals surface area contributed by atoms with Gasteiger partial charge in [-0.1, -0.05) is 56.9 Å². The molecule has 1 aliphatic carbocycles. The molecule has 0 spiro atoms. The Morgan fingerprint density at radius 1 is 0.895 bits per heavy atom. The summed E-state index contributed by atoms with van der Waals surface area (Å²) in [5, 5.41) is 0. The smallest absolute Gasteiger partial charge is 0.339 e. The second-order valence-corrected chi connectivity index (χ2v) is 11.0. The standard InChI is InChI=1S/C31H46O7/c1-6-7-8-10-23-12-14-24(15-13-23)11-9-20-34-26-18-16-25(17-19-26)31-37-27(29(32)35-21(2)3)28(38-31)30(33)36-22(4)5/h9,11,16-19,21-24,27-28,31H,6-8,10,12-15,20H2,1-5H3/b11-9+/t23?,24?,27-,28-/m1/s1. The molecule has 2 atom stereocenters. The highest BCUT2D eigenvalue weighted by Gasteiger charge is 2.48. The number of unbranched alkanes of at least 4 members (excludes halogenated alkanes) is 2. The first-order valence-corrected chi connectivity index (χ1v) is 14.4. The van der Waals surface area contributed by atoms with Gasteiger partial charge in [-0.2, -0.15) is 0 Å². The van der Waals surface area contributed by atoms with E-state index in [0.29, 0.717) is 18.1 Å². The molecule has 212 valence electrons. The largest absolute Gasteiger partial charge is 0.490 e. The molecule has 1 aliphatic heterocycles. The van der Waals surface area contributed by atoms with Gasteiger partial charge < -0.3 is 23.7 Å². The molecule has 0 unspecified atom stereocenters. The van der Waals surface area contributed by atoms with Gasteiger partial charge in [-0.25, -0.2) is 9.59 Å². The van der Waals surface area contributed by atoms with Crippen LogP contribution in [0, 0.1) is 11.8 Å². The van der Waals surface area contributed by atoms with Gasteiger partial charge in [0.05, 0.1) is 12.2 Å². The van der Waals surface area contributed by atoms with Crippen molar-refractivity contribution in [3.05, 3.63) is 42.0 Å². The molecule has 1 saturated heterocycles. The van der Waals surface area contributed by atoms with Crippen LogP contribution in [0.25, 0.3) is 0 Å². The Labute approximate surface area is 228 Å². The summed E-state index contributed by atoms with van der Waals surface area (Å²) >= 11 is 0. The second kappa shape index (κ2) is 15.3.